The second-order valence-electron chi connectivity index (χ2n) is 8.35. The van der Waals surface area contributed by atoms with Gasteiger partial charge < -0.3 is 14.4 Å². The Balaban J connectivity index is 1.36. The second-order valence-corrected chi connectivity index (χ2v) is 8.35. The number of nitrogens with zero attached hydrogens (tertiary/aromatic N) is 2. The first kappa shape index (κ1) is 18.9. The smallest absolute Gasteiger partial charge is 0.162 e. The average Bonchev–Trinajstić information content (AvgIpc) is 3.07. The quantitative estimate of drug-likeness (QED) is 0.777. The van der Waals surface area contributed by atoms with E-state index < -0.39 is 11.6 Å². The minimum absolute atomic E-state index is 0.257. The van der Waals surface area contributed by atoms with E-state index in [0.29, 0.717) is 30.3 Å². The van der Waals surface area contributed by atoms with Crippen LogP contribution in [0.5, 0.6) is 5.75 Å². The monoisotopic (exact) mass is 380 g/mol. The summed E-state index contributed by atoms with van der Waals surface area (Å²) in [4.78, 5) is 4.73. The largest absolute Gasteiger partial charge is 0.471 e. The Morgan fingerprint density at radius 1 is 1.11 bits per heavy atom. The highest BCUT2D eigenvalue weighted by Crippen LogP contribution is 2.41. The molecule has 2 aliphatic heterocycles. The summed E-state index contributed by atoms with van der Waals surface area (Å²) in [6, 6.07) is 2.76. The average molecular weight is 380 g/mol. The summed E-state index contributed by atoms with van der Waals surface area (Å²) < 4.78 is 38.5. The fourth-order valence-electron chi connectivity index (χ4n) is 5.02. The summed E-state index contributed by atoms with van der Waals surface area (Å²) in [6.07, 6.45) is 7.11. The van der Waals surface area contributed by atoms with Gasteiger partial charge in [0.25, 0.3) is 0 Å². The zero-order valence-corrected chi connectivity index (χ0v) is 16.3. The topological polar surface area (TPSA) is 24.9 Å². The number of benzene rings is 1. The number of hydrogen-bond donors (Lipinski definition) is 0. The summed E-state index contributed by atoms with van der Waals surface area (Å²) in [5.41, 5.74) is 0.948. The molecule has 2 fully saturated rings. The number of likely N-dealkylation sites (tertiary alicyclic amines) is 1. The van der Waals surface area contributed by atoms with Crippen LogP contribution in [-0.2, 0) is 4.74 Å². The Labute approximate surface area is 160 Å². The van der Waals surface area contributed by atoms with Gasteiger partial charge in [-0.2, -0.15) is 0 Å². The van der Waals surface area contributed by atoms with E-state index >= 15 is 0 Å². The Kier molecular flexibility index (Phi) is 5.30. The molecule has 0 amide bonds. The zero-order chi connectivity index (χ0) is 19.0. The fraction of sp³-hybridized carbons (Fsp3) is 0.714. The molecular weight excluding hydrogens is 350 g/mol. The first-order chi connectivity index (χ1) is 13.0. The van der Waals surface area contributed by atoms with Gasteiger partial charge >= 0.3 is 0 Å². The van der Waals surface area contributed by atoms with Gasteiger partial charge in [0.05, 0.1) is 11.8 Å². The summed E-state index contributed by atoms with van der Waals surface area (Å²) in [6.45, 7) is 7.72. The van der Waals surface area contributed by atoms with Crippen LogP contribution in [0.25, 0.3) is 0 Å². The molecule has 1 aromatic carbocycles. The van der Waals surface area contributed by atoms with Crippen LogP contribution < -0.4 is 9.64 Å². The lowest BCUT2D eigenvalue weighted by Gasteiger charge is -2.49. The molecule has 0 unspecified atom stereocenters. The van der Waals surface area contributed by atoms with Crippen LogP contribution in [0.3, 0.4) is 0 Å². The molecule has 1 saturated carbocycles. The molecule has 2 heterocycles. The molecule has 150 valence electrons. The standard InChI is InChI=1S/C21H30F2N2O2/c1-3-26-16-4-8-21(2,9-5-16)24-10-6-15(7-11-24)25-14-27-20-13-18(23)17(22)12-19(20)25/h12-13,15-16H,3-11,14H2,1-2H3/t16-,21-. The summed E-state index contributed by atoms with van der Waals surface area (Å²) >= 11 is 0. The summed E-state index contributed by atoms with van der Waals surface area (Å²) in [5.74, 6) is -1.20. The molecular formula is C21H30F2N2O2. The van der Waals surface area contributed by atoms with Crippen molar-refractivity contribution in [1.29, 1.82) is 0 Å². The van der Waals surface area contributed by atoms with Crippen LogP contribution in [0, 0.1) is 11.6 Å². The van der Waals surface area contributed by atoms with Gasteiger partial charge in [-0.25, -0.2) is 8.78 Å². The highest BCUT2D eigenvalue weighted by Gasteiger charge is 2.40. The lowest BCUT2D eigenvalue weighted by molar-refractivity contribution is -0.0252. The fourth-order valence-corrected chi connectivity index (χ4v) is 5.02. The number of fused-ring (bicyclic) bond motifs is 1. The molecule has 0 bridgehead atoms. The predicted molar refractivity (Wildman–Crippen MR) is 101 cm³/mol. The van der Waals surface area contributed by atoms with E-state index in [-0.39, 0.29) is 5.54 Å². The van der Waals surface area contributed by atoms with Crippen LogP contribution >= 0.6 is 0 Å². The SMILES string of the molecule is CCO[C@H]1CC[C@](C)(N2CCC(N3COc4cc(F)c(F)cc43)CC2)CC1. The van der Waals surface area contributed by atoms with E-state index in [4.69, 9.17) is 9.47 Å². The van der Waals surface area contributed by atoms with Crippen molar-refractivity contribution in [3.05, 3.63) is 23.8 Å². The maximum atomic E-state index is 13.7. The lowest BCUT2D eigenvalue weighted by Crippen LogP contribution is -2.55. The van der Waals surface area contributed by atoms with Crippen molar-refractivity contribution in [1.82, 2.24) is 4.90 Å². The van der Waals surface area contributed by atoms with Crippen LogP contribution in [0.4, 0.5) is 14.5 Å². The molecule has 3 aliphatic rings. The maximum absolute atomic E-state index is 13.7. The van der Waals surface area contributed by atoms with Crippen molar-refractivity contribution >= 4 is 5.69 Å². The molecule has 27 heavy (non-hydrogen) atoms. The number of piperidine rings is 1. The first-order valence-electron chi connectivity index (χ1n) is 10.3. The molecule has 0 spiro atoms. The van der Waals surface area contributed by atoms with Gasteiger partial charge in [0.1, 0.15) is 5.75 Å². The predicted octanol–water partition coefficient (Wildman–Crippen LogP) is 4.32. The number of halogens is 2. The Hall–Kier alpha value is -1.40. The van der Waals surface area contributed by atoms with Crippen molar-refractivity contribution in [2.45, 2.75) is 70.1 Å². The molecule has 1 aromatic rings. The lowest BCUT2D eigenvalue weighted by atomic mass is 9.79. The van der Waals surface area contributed by atoms with Crippen molar-refractivity contribution in [3.8, 4) is 5.75 Å². The Morgan fingerprint density at radius 3 is 2.44 bits per heavy atom. The molecule has 0 radical (unpaired) electrons. The molecule has 4 nitrogen and oxygen atoms in total. The minimum atomic E-state index is -0.846. The van der Waals surface area contributed by atoms with E-state index in [1.807, 2.05) is 0 Å². The van der Waals surface area contributed by atoms with Gasteiger partial charge in [-0.15, -0.1) is 0 Å². The molecule has 0 aromatic heterocycles. The van der Waals surface area contributed by atoms with Crippen molar-refractivity contribution in [2.75, 3.05) is 31.3 Å². The molecule has 4 rings (SSSR count). The van der Waals surface area contributed by atoms with E-state index in [1.54, 1.807) is 0 Å². The minimum Gasteiger partial charge on any atom is -0.471 e. The maximum Gasteiger partial charge on any atom is 0.162 e. The second kappa shape index (κ2) is 7.55. The van der Waals surface area contributed by atoms with Crippen LogP contribution in [0.2, 0.25) is 0 Å². The number of rotatable bonds is 4. The third kappa shape index (κ3) is 3.66. The van der Waals surface area contributed by atoms with E-state index in [1.165, 1.54) is 18.9 Å². The molecule has 1 saturated heterocycles. The highest BCUT2D eigenvalue weighted by atomic mass is 19.2. The first-order valence-corrected chi connectivity index (χ1v) is 10.3. The molecule has 0 atom stereocenters. The zero-order valence-electron chi connectivity index (χ0n) is 16.3. The van der Waals surface area contributed by atoms with Crippen LogP contribution in [0.1, 0.15) is 52.4 Å². The highest BCUT2D eigenvalue weighted by molar-refractivity contribution is 5.62. The molecule has 1 aliphatic carbocycles. The Bertz CT molecular complexity index is 668. The molecule has 0 N–H and O–H groups in total. The van der Waals surface area contributed by atoms with Crippen molar-refractivity contribution in [2.24, 2.45) is 0 Å². The van der Waals surface area contributed by atoms with Gasteiger partial charge in [-0.05, 0) is 52.4 Å². The summed E-state index contributed by atoms with van der Waals surface area (Å²) in [5, 5.41) is 0. The Morgan fingerprint density at radius 2 is 1.78 bits per heavy atom. The van der Waals surface area contributed by atoms with E-state index in [9.17, 15) is 8.78 Å². The van der Waals surface area contributed by atoms with E-state index in [2.05, 4.69) is 23.6 Å². The van der Waals surface area contributed by atoms with Gasteiger partial charge in [0.2, 0.25) is 0 Å². The number of ether oxygens (including phenoxy) is 2. The van der Waals surface area contributed by atoms with Crippen LogP contribution in [0.15, 0.2) is 12.1 Å². The van der Waals surface area contributed by atoms with Gasteiger partial charge in [-0.3, -0.25) is 4.90 Å². The van der Waals surface area contributed by atoms with Crippen molar-refractivity contribution in [3.63, 3.8) is 0 Å². The third-order valence-electron chi connectivity index (χ3n) is 6.75. The molecule has 6 heteroatoms. The normalized spacial score (nSPS) is 29.6. The van der Waals surface area contributed by atoms with Gasteiger partial charge in [0, 0.05) is 43.4 Å². The van der Waals surface area contributed by atoms with Gasteiger partial charge in [-0.1, -0.05) is 0 Å². The number of anilines is 1. The number of hydrogen-bond acceptors (Lipinski definition) is 4. The summed E-state index contributed by atoms with van der Waals surface area (Å²) in [7, 11) is 0. The third-order valence-corrected chi connectivity index (χ3v) is 6.75. The van der Waals surface area contributed by atoms with Gasteiger partial charge in [0.15, 0.2) is 18.4 Å². The van der Waals surface area contributed by atoms with Crippen molar-refractivity contribution < 1.29 is 18.3 Å². The van der Waals surface area contributed by atoms with E-state index in [0.717, 1.165) is 51.4 Å². The van der Waals surface area contributed by atoms with Crippen LogP contribution in [-0.4, -0.2) is 49.0 Å².